The van der Waals surface area contributed by atoms with E-state index in [1.165, 1.54) is 50.5 Å². The predicted molar refractivity (Wildman–Crippen MR) is 124 cm³/mol. The molecule has 0 N–H and O–H groups in total. The molecular formula is C24H21Cl2NNa2O8. The Balaban J connectivity index is 0.00000342. The van der Waals surface area contributed by atoms with Crippen molar-refractivity contribution in [2.24, 2.45) is 0 Å². The monoisotopic (exact) mass is 567 g/mol. The van der Waals surface area contributed by atoms with Gasteiger partial charge < -0.3 is 38.9 Å². The van der Waals surface area contributed by atoms with Gasteiger partial charge in [-0.05, 0) is 53.8 Å². The summed E-state index contributed by atoms with van der Waals surface area (Å²) in [5, 5.41) is 23.7. The number of halogens is 2. The molecule has 1 fully saturated rings. The number of hydrogen-bond acceptors (Lipinski definition) is 8. The van der Waals surface area contributed by atoms with Gasteiger partial charge in [0.1, 0.15) is 11.5 Å². The molecule has 3 rings (SSSR count). The first-order chi connectivity index (χ1) is 16.6. The molecule has 0 radical (unpaired) electrons. The van der Waals surface area contributed by atoms with Crippen molar-refractivity contribution in [3.63, 3.8) is 0 Å². The predicted octanol–water partition coefficient (Wildman–Crippen LogP) is -3.59. The smallest absolute Gasteiger partial charge is 0.545 e. The van der Waals surface area contributed by atoms with Gasteiger partial charge in [0.2, 0.25) is 0 Å². The average Bonchev–Trinajstić information content (AvgIpc) is 2.83. The van der Waals surface area contributed by atoms with Gasteiger partial charge in [0.25, 0.3) is 0 Å². The summed E-state index contributed by atoms with van der Waals surface area (Å²) < 4.78 is 15.0. The first-order valence-electron chi connectivity index (χ1n) is 10.4. The summed E-state index contributed by atoms with van der Waals surface area (Å²) in [6.07, 6.45) is 0.335. The van der Waals surface area contributed by atoms with E-state index < -0.39 is 18.0 Å². The Morgan fingerprint density at radius 1 is 0.784 bits per heavy atom. The van der Waals surface area contributed by atoms with Crippen LogP contribution in [0.25, 0.3) is 5.57 Å². The van der Waals surface area contributed by atoms with Crippen LogP contribution in [0, 0.1) is 0 Å². The molecule has 0 atom stereocenters. The van der Waals surface area contributed by atoms with E-state index in [-0.39, 0.29) is 91.8 Å². The van der Waals surface area contributed by atoms with E-state index in [0.29, 0.717) is 42.6 Å². The van der Waals surface area contributed by atoms with Crippen molar-refractivity contribution in [1.29, 1.82) is 0 Å². The van der Waals surface area contributed by atoms with Crippen LogP contribution >= 0.6 is 23.2 Å². The van der Waals surface area contributed by atoms with Crippen LogP contribution in [0.5, 0.6) is 11.5 Å². The molecule has 1 saturated heterocycles. The Kier molecular flexibility index (Phi) is 13.3. The molecule has 0 aliphatic carbocycles. The summed E-state index contributed by atoms with van der Waals surface area (Å²) in [7, 11) is 3.86. The number of carbonyl (C=O) groups is 3. The number of amides is 1. The third-order valence-electron chi connectivity index (χ3n) is 5.67. The Hall–Kier alpha value is -1.43. The molecule has 9 nitrogen and oxygen atoms in total. The largest absolute Gasteiger partial charge is 1.00 e. The zero-order chi connectivity index (χ0) is 25.9. The van der Waals surface area contributed by atoms with Gasteiger partial charge in [0.05, 0.1) is 43.3 Å². The van der Waals surface area contributed by atoms with E-state index in [9.17, 15) is 24.6 Å². The van der Waals surface area contributed by atoms with E-state index in [0.717, 1.165) is 5.57 Å². The molecule has 2 aromatic carbocycles. The normalized spacial score (nSPS) is 12.6. The van der Waals surface area contributed by atoms with Crippen molar-refractivity contribution in [1.82, 2.24) is 4.90 Å². The van der Waals surface area contributed by atoms with Gasteiger partial charge in [0, 0.05) is 24.2 Å². The molecule has 13 heteroatoms. The zero-order valence-electron chi connectivity index (χ0n) is 21.1. The van der Waals surface area contributed by atoms with Crippen molar-refractivity contribution >= 4 is 46.8 Å². The zero-order valence-corrected chi connectivity index (χ0v) is 26.6. The molecule has 0 bridgehead atoms. The Bertz CT molecular complexity index is 1150. The Morgan fingerprint density at radius 2 is 1.19 bits per heavy atom. The minimum atomic E-state index is -1.50. The van der Waals surface area contributed by atoms with Gasteiger partial charge in [-0.25, -0.2) is 4.79 Å². The fourth-order valence-electron chi connectivity index (χ4n) is 4.11. The SMILES string of the molecule is COC(=O)N1CCC(=C(c2cc(Cl)c(OC)c(C(=O)[O-])c2)c2cc(Cl)c(OC)c(C(=O)[O-])c2)CC1.[Na+].[Na+]. The summed E-state index contributed by atoms with van der Waals surface area (Å²) in [5.41, 5.74) is 1.53. The minimum absolute atomic E-state index is 0. The van der Waals surface area contributed by atoms with Crippen LogP contribution in [-0.4, -0.2) is 57.4 Å². The summed E-state index contributed by atoms with van der Waals surface area (Å²) in [4.78, 5) is 37.1. The van der Waals surface area contributed by atoms with E-state index in [1.807, 2.05) is 0 Å². The first kappa shape index (κ1) is 33.6. The summed E-state index contributed by atoms with van der Waals surface area (Å²) in [6, 6.07) is 5.70. The summed E-state index contributed by atoms with van der Waals surface area (Å²) in [6.45, 7) is 0.667. The number of carbonyl (C=O) groups excluding carboxylic acids is 3. The number of rotatable bonds is 6. The Labute approximate surface area is 268 Å². The third-order valence-corrected chi connectivity index (χ3v) is 6.23. The molecule has 1 aliphatic rings. The number of ether oxygens (including phenoxy) is 3. The molecule has 186 valence electrons. The average molecular weight is 568 g/mol. The molecule has 0 unspecified atom stereocenters. The number of piperidine rings is 1. The van der Waals surface area contributed by atoms with Crippen LogP contribution in [-0.2, 0) is 4.74 Å². The number of carboxylic acid groups (broad SMARTS) is 2. The van der Waals surface area contributed by atoms with E-state index in [2.05, 4.69) is 0 Å². The van der Waals surface area contributed by atoms with Crippen LogP contribution < -0.4 is 78.8 Å². The number of hydrogen-bond donors (Lipinski definition) is 0. The molecule has 1 aliphatic heterocycles. The number of carboxylic acids is 2. The Morgan fingerprint density at radius 3 is 1.51 bits per heavy atom. The van der Waals surface area contributed by atoms with Crippen LogP contribution in [0.15, 0.2) is 29.8 Å². The van der Waals surface area contributed by atoms with E-state index in [1.54, 1.807) is 0 Å². The van der Waals surface area contributed by atoms with Gasteiger partial charge in [-0.1, -0.05) is 28.8 Å². The molecule has 37 heavy (non-hydrogen) atoms. The van der Waals surface area contributed by atoms with Crippen LogP contribution in [0.4, 0.5) is 4.79 Å². The summed E-state index contributed by atoms with van der Waals surface area (Å²) >= 11 is 12.7. The molecule has 0 saturated carbocycles. The molecule has 0 spiro atoms. The fourth-order valence-corrected chi connectivity index (χ4v) is 4.70. The first-order valence-corrected chi connectivity index (χ1v) is 11.1. The second-order valence-electron chi connectivity index (χ2n) is 7.59. The van der Waals surface area contributed by atoms with Gasteiger partial charge >= 0.3 is 65.2 Å². The number of likely N-dealkylation sites (tertiary alicyclic amines) is 1. The number of aromatic carboxylic acids is 2. The summed E-state index contributed by atoms with van der Waals surface area (Å²) in [5.74, 6) is -3.13. The van der Waals surface area contributed by atoms with Crippen molar-refractivity contribution in [3.8, 4) is 11.5 Å². The van der Waals surface area contributed by atoms with Crippen LogP contribution in [0.1, 0.15) is 44.7 Å². The van der Waals surface area contributed by atoms with Crippen molar-refractivity contribution < 1.29 is 97.9 Å². The van der Waals surface area contributed by atoms with Gasteiger partial charge in [-0.15, -0.1) is 0 Å². The number of benzene rings is 2. The third kappa shape index (κ3) is 7.36. The van der Waals surface area contributed by atoms with E-state index >= 15 is 0 Å². The van der Waals surface area contributed by atoms with Gasteiger partial charge in [0.15, 0.2) is 0 Å². The maximum Gasteiger partial charge on any atom is 1.00 e. The van der Waals surface area contributed by atoms with Gasteiger partial charge in [-0.3, -0.25) is 0 Å². The van der Waals surface area contributed by atoms with E-state index in [4.69, 9.17) is 37.4 Å². The van der Waals surface area contributed by atoms with Crippen molar-refractivity contribution in [2.75, 3.05) is 34.4 Å². The number of methoxy groups -OCH3 is 3. The van der Waals surface area contributed by atoms with Crippen LogP contribution in [0.2, 0.25) is 10.0 Å². The molecule has 1 heterocycles. The molecular weight excluding hydrogens is 547 g/mol. The molecule has 1 amide bonds. The second-order valence-corrected chi connectivity index (χ2v) is 8.40. The molecule has 0 aromatic heterocycles. The quantitative estimate of drug-likeness (QED) is 0.328. The molecule has 2 aromatic rings. The van der Waals surface area contributed by atoms with Crippen molar-refractivity contribution in [3.05, 3.63) is 62.1 Å². The fraction of sp³-hybridized carbons (Fsp3) is 0.292. The maximum atomic E-state index is 11.9. The van der Waals surface area contributed by atoms with Crippen LogP contribution in [0.3, 0.4) is 0 Å². The van der Waals surface area contributed by atoms with Gasteiger partial charge in [-0.2, -0.15) is 0 Å². The standard InChI is InChI=1S/C24H23Cl2NO8.2Na/c1-33-20-15(22(28)29)8-13(10-17(20)25)19(12-4-6-27(7-5-12)24(32)35-3)14-9-16(23(30)31)21(34-2)18(26)11-14;;/h8-11H,4-7H2,1-3H3,(H,28,29)(H,30,31);;/q;2*+1/p-2. The topological polar surface area (TPSA) is 128 Å². The maximum absolute atomic E-state index is 11.9. The number of nitrogens with zero attached hydrogens (tertiary/aromatic N) is 1. The van der Waals surface area contributed by atoms with Crippen molar-refractivity contribution in [2.45, 2.75) is 12.8 Å². The minimum Gasteiger partial charge on any atom is -0.545 e. The second kappa shape index (κ2) is 14.6.